The highest BCUT2D eigenvalue weighted by Gasteiger charge is 2.10. The zero-order valence-corrected chi connectivity index (χ0v) is 10.8. The summed E-state index contributed by atoms with van der Waals surface area (Å²) in [6.45, 7) is 1.84. The number of nitrogens with one attached hydrogen (secondary N) is 1. The van der Waals surface area contributed by atoms with Crippen molar-refractivity contribution in [3.63, 3.8) is 0 Å². The molecule has 0 aromatic heterocycles. The molecule has 0 aliphatic rings. The van der Waals surface area contributed by atoms with Crippen LogP contribution in [0.1, 0.15) is 11.1 Å². The van der Waals surface area contributed by atoms with E-state index >= 15 is 0 Å². The Morgan fingerprint density at radius 2 is 2.05 bits per heavy atom. The molecule has 0 bridgehead atoms. The first-order valence-corrected chi connectivity index (χ1v) is 5.83. The molecule has 6 heteroatoms. The second-order valence-corrected chi connectivity index (χ2v) is 4.26. The molecule has 20 heavy (non-hydrogen) atoms. The maximum absolute atomic E-state index is 10.7. The Morgan fingerprint density at radius 3 is 2.65 bits per heavy atom. The van der Waals surface area contributed by atoms with Crippen molar-refractivity contribution in [2.45, 2.75) is 6.92 Å². The van der Waals surface area contributed by atoms with E-state index in [-0.39, 0.29) is 11.4 Å². The lowest BCUT2D eigenvalue weighted by atomic mass is 10.1. The SMILES string of the molecule is Cc1cccc(Nc2ccc([N+](=O)[O-])cc2N)c1C#N. The van der Waals surface area contributed by atoms with Crippen molar-refractivity contribution in [3.8, 4) is 6.07 Å². The lowest BCUT2D eigenvalue weighted by Crippen LogP contribution is -2.00. The van der Waals surface area contributed by atoms with Gasteiger partial charge in [0.2, 0.25) is 0 Å². The summed E-state index contributed by atoms with van der Waals surface area (Å²) in [4.78, 5) is 10.1. The van der Waals surface area contributed by atoms with Crippen LogP contribution in [0.3, 0.4) is 0 Å². The summed E-state index contributed by atoms with van der Waals surface area (Å²) in [5, 5.41) is 22.8. The molecule has 0 amide bonds. The zero-order chi connectivity index (χ0) is 14.7. The van der Waals surface area contributed by atoms with Gasteiger partial charge in [0, 0.05) is 12.1 Å². The summed E-state index contributed by atoms with van der Waals surface area (Å²) >= 11 is 0. The number of anilines is 3. The summed E-state index contributed by atoms with van der Waals surface area (Å²) in [5.41, 5.74) is 8.48. The third-order valence-electron chi connectivity index (χ3n) is 2.90. The first-order chi connectivity index (χ1) is 9.52. The third-order valence-corrected chi connectivity index (χ3v) is 2.90. The van der Waals surface area contributed by atoms with Crippen molar-refractivity contribution in [1.82, 2.24) is 0 Å². The van der Waals surface area contributed by atoms with Gasteiger partial charge in [0.25, 0.3) is 5.69 Å². The largest absolute Gasteiger partial charge is 0.397 e. The molecule has 0 fully saturated rings. The van der Waals surface area contributed by atoms with Gasteiger partial charge in [-0.05, 0) is 24.6 Å². The van der Waals surface area contributed by atoms with Gasteiger partial charge in [0.15, 0.2) is 0 Å². The predicted octanol–water partition coefficient (Wildman–Crippen LogP) is 3.10. The number of hydrogen-bond acceptors (Lipinski definition) is 5. The monoisotopic (exact) mass is 268 g/mol. The number of non-ortho nitro benzene ring substituents is 1. The number of nitrogens with zero attached hydrogens (tertiary/aromatic N) is 2. The average Bonchev–Trinajstić information content (AvgIpc) is 2.41. The molecule has 2 aromatic carbocycles. The fraction of sp³-hybridized carbons (Fsp3) is 0.0714. The Balaban J connectivity index is 2.39. The van der Waals surface area contributed by atoms with E-state index in [2.05, 4.69) is 11.4 Å². The molecule has 0 spiro atoms. The van der Waals surface area contributed by atoms with Crippen molar-refractivity contribution in [2.24, 2.45) is 0 Å². The lowest BCUT2D eigenvalue weighted by Gasteiger charge is -2.11. The standard InChI is InChI=1S/C14H12N4O2/c1-9-3-2-4-13(11(9)8-15)17-14-6-5-10(18(19)20)7-12(14)16/h2-7,17H,16H2,1H3. The number of aryl methyl sites for hydroxylation is 1. The predicted molar refractivity (Wildman–Crippen MR) is 76.7 cm³/mol. The third kappa shape index (κ3) is 2.52. The van der Waals surface area contributed by atoms with Gasteiger partial charge in [-0.15, -0.1) is 0 Å². The van der Waals surface area contributed by atoms with E-state index in [1.165, 1.54) is 18.2 Å². The number of benzene rings is 2. The van der Waals surface area contributed by atoms with Gasteiger partial charge < -0.3 is 11.1 Å². The van der Waals surface area contributed by atoms with Gasteiger partial charge in [-0.2, -0.15) is 5.26 Å². The number of nitriles is 1. The minimum atomic E-state index is -0.506. The molecule has 2 rings (SSSR count). The number of rotatable bonds is 3. The maximum atomic E-state index is 10.7. The van der Waals surface area contributed by atoms with E-state index in [0.29, 0.717) is 16.9 Å². The number of nitro groups is 1. The van der Waals surface area contributed by atoms with Gasteiger partial charge in [-0.25, -0.2) is 0 Å². The highest BCUT2D eigenvalue weighted by molar-refractivity contribution is 5.77. The summed E-state index contributed by atoms with van der Waals surface area (Å²) in [5.74, 6) is 0. The number of nitrogens with two attached hydrogens (primary N) is 1. The topological polar surface area (TPSA) is 105 Å². The molecule has 0 aliphatic carbocycles. The van der Waals surface area contributed by atoms with Crippen LogP contribution in [-0.4, -0.2) is 4.92 Å². The highest BCUT2D eigenvalue weighted by Crippen LogP contribution is 2.29. The number of hydrogen-bond donors (Lipinski definition) is 2. The van der Waals surface area contributed by atoms with E-state index in [1.807, 2.05) is 19.1 Å². The van der Waals surface area contributed by atoms with E-state index in [0.717, 1.165) is 5.56 Å². The van der Waals surface area contributed by atoms with Crippen LogP contribution in [-0.2, 0) is 0 Å². The Labute approximate surface area is 115 Å². The highest BCUT2D eigenvalue weighted by atomic mass is 16.6. The molecule has 2 aromatic rings. The van der Waals surface area contributed by atoms with Crippen LogP contribution in [0.15, 0.2) is 36.4 Å². The summed E-state index contributed by atoms with van der Waals surface area (Å²) < 4.78 is 0. The van der Waals surface area contributed by atoms with Crippen LogP contribution >= 0.6 is 0 Å². The van der Waals surface area contributed by atoms with Crippen molar-refractivity contribution >= 4 is 22.7 Å². The molecule has 0 unspecified atom stereocenters. The van der Waals surface area contributed by atoms with Gasteiger partial charge in [-0.1, -0.05) is 12.1 Å². The normalized spacial score (nSPS) is 9.80. The molecule has 0 saturated heterocycles. The molecule has 6 nitrogen and oxygen atoms in total. The molecule has 0 aliphatic heterocycles. The average molecular weight is 268 g/mol. The minimum absolute atomic E-state index is 0.0715. The van der Waals surface area contributed by atoms with Crippen LogP contribution in [0.5, 0.6) is 0 Å². The van der Waals surface area contributed by atoms with Crippen LogP contribution in [0, 0.1) is 28.4 Å². The number of nitrogen functional groups attached to an aromatic ring is 1. The second-order valence-electron chi connectivity index (χ2n) is 4.26. The zero-order valence-electron chi connectivity index (χ0n) is 10.8. The van der Waals surface area contributed by atoms with E-state index in [9.17, 15) is 10.1 Å². The molecule has 0 heterocycles. The van der Waals surface area contributed by atoms with Crippen molar-refractivity contribution < 1.29 is 4.92 Å². The van der Waals surface area contributed by atoms with Gasteiger partial charge in [0.05, 0.1) is 27.5 Å². The molecular weight excluding hydrogens is 256 g/mol. The molecule has 100 valence electrons. The summed E-state index contributed by atoms with van der Waals surface area (Å²) in [6, 6.07) is 11.7. The first-order valence-electron chi connectivity index (χ1n) is 5.83. The Kier molecular flexibility index (Phi) is 3.53. The Hall–Kier alpha value is -3.07. The fourth-order valence-electron chi connectivity index (χ4n) is 1.84. The van der Waals surface area contributed by atoms with E-state index in [4.69, 9.17) is 11.0 Å². The maximum Gasteiger partial charge on any atom is 0.271 e. The Bertz CT molecular complexity index is 720. The van der Waals surface area contributed by atoms with Crippen LogP contribution in [0.25, 0.3) is 0 Å². The van der Waals surface area contributed by atoms with Gasteiger partial charge in [-0.3, -0.25) is 10.1 Å². The van der Waals surface area contributed by atoms with Crippen molar-refractivity contribution in [2.75, 3.05) is 11.1 Å². The lowest BCUT2D eigenvalue weighted by molar-refractivity contribution is -0.384. The molecule has 3 N–H and O–H groups in total. The molecule has 0 radical (unpaired) electrons. The van der Waals surface area contributed by atoms with Crippen molar-refractivity contribution in [3.05, 3.63) is 57.6 Å². The smallest absolute Gasteiger partial charge is 0.271 e. The molecular formula is C14H12N4O2. The second kappa shape index (κ2) is 5.28. The van der Waals surface area contributed by atoms with E-state index < -0.39 is 4.92 Å². The fourth-order valence-corrected chi connectivity index (χ4v) is 1.84. The van der Waals surface area contributed by atoms with Gasteiger partial charge in [0.1, 0.15) is 6.07 Å². The molecule has 0 atom stereocenters. The summed E-state index contributed by atoms with van der Waals surface area (Å²) in [7, 11) is 0. The van der Waals surface area contributed by atoms with E-state index in [1.54, 1.807) is 6.07 Å². The quantitative estimate of drug-likeness (QED) is 0.505. The van der Waals surface area contributed by atoms with Crippen molar-refractivity contribution in [1.29, 1.82) is 5.26 Å². The summed E-state index contributed by atoms with van der Waals surface area (Å²) in [6.07, 6.45) is 0. The number of nitro benzene ring substituents is 1. The molecule has 0 saturated carbocycles. The van der Waals surface area contributed by atoms with Crippen LogP contribution < -0.4 is 11.1 Å². The minimum Gasteiger partial charge on any atom is -0.397 e. The van der Waals surface area contributed by atoms with Crippen LogP contribution in [0.2, 0.25) is 0 Å². The van der Waals surface area contributed by atoms with Gasteiger partial charge >= 0.3 is 0 Å². The van der Waals surface area contributed by atoms with Crippen LogP contribution in [0.4, 0.5) is 22.7 Å². The Morgan fingerprint density at radius 1 is 1.30 bits per heavy atom. The first kappa shape index (κ1) is 13.4.